The van der Waals surface area contributed by atoms with Gasteiger partial charge >= 0.3 is 0 Å². The Morgan fingerprint density at radius 3 is 2.96 bits per heavy atom. The summed E-state index contributed by atoms with van der Waals surface area (Å²) in [5.74, 6) is 0.780. The lowest BCUT2D eigenvalue weighted by atomic mass is 10.0. The average molecular weight is 430 g/mol. The van der Waals surface area contributed by atoms with Crippen LogP contribution in [0, 0.1) is 0 Å². The van der Waals surface area contributed by atoms with Gasteiger partial charge in [-0.15, -0.1) is 34.4 Å². The van der Waals surface area contributed by atoms with Crippen molar-refractivity contribution >= 4 is 40.3 Å². The first-order valence-corrected chi connectivity index (χ1v) is 12.4. The normalized spacial score (nSPS) is 13.3. The fourth-order valence-electron chi connectivity index (χ4n) is 3.29. The number of hydrogen-bond acceptors (Lipinski definition) is 6. The van der Waals surface area contributed by atoms with Gasteiger partial charge in [0.2, 0.25) is 0 Å². The molecule has 0 bridgehead atoms. The summed E-state index contributed by atoms with van der Waals surface area (Å²) in [4.78, 5) is 24.2. The van der Waals surface area contributed by atoms with E-state index in [0.29, 0.717) is 6.54 Å². The quantitative estimate of drug-likeness (QED) is 0.398. The molecule has 7 heteroatoms. The maximum absolute atomic E-state index is 12.6. The van der Waals surface area contributed by atoms with Gasteiger partial charge in [-0.25, -0.2) is 9.97 Å². The van der Waals surface area contributed by atoms with E-state index in [0.717, 1.165) is 41.2 Å². The van der Waals surface area contributed by atoms with Crippen molar-refractivity contribution in [1.82, 2.24) is 15.3 Å². The molecule has 0 aliphatic heterocycles. The lowest BCUT2D eigenvalue weighted by Crippen LogP contribution is -2.25. The first-order valence-electron chi connectivity index (χ1n) is 9.64. The molecule has 1 aromatic carbocycles. The van der Waals surface area contributed by atoms with Gasteiger partial charge in [0.05, 0.1) is 27.5 Å². The van der Waals surface area contributed by atoms with Gasteiger partial charge in [0.1, 0.15) is 0 Å². The Balaban J connectivity index is 1.27. The van der Waals surface area contributed by atoms with Crippen LogP contribution >= 0.6 is 34.4 Å². The zero-order valence-electron chi connectivity index (χ0n) is 15.6. The molecule has 1 aliphatic carbocycles. The van der Waals surface area contributed by atoms with Crippen molar-refractivity contribution in [3.63, 3.8) is 0 Å². The standard InChI is InChI=1S/C21H23N3OS3/c25-21(16-6-1-3-8-18(16)27-13-15-12-26-14-23-15)22-11-5-10-20-24-17-7-2-4-9-19(17)28-20/h1,3,6,8,12,14H,2,4-5,7,9-11,13H2,(H,22,25). The molecular formula is C21H23N3OS3. The van der Waals surface area contributed by atoms with Gasteiger partial charge < -0.3 is 5.32 Å². The SMILES string of the molecule is O=C(NCCCc1nc2c(s1)CCCC2)c1ccccc1SCc1cscn1. The Hall–Kier alpha value is -1.70. The minimum absolute atomic E-state index is 0.000175. The van der Waals surface area contributed by atoms with E-state index in [9.17, 15) is 4.79 Å². The molecule has 146 valence electrons. The number of rotatable bonds is 8. The number of carbonyl (C=O) groups excluding carboxylic acids is 1. The molecule has 2 heterocycles. The van der Waals surface area contributed by atoms with Gasteiger partial charge in [-0.3, -0.25) is 4.79 Å². The monoisotopic (exact) mass is 429 g/mol. The molecule has 0 radical (unpaired) electrons. The molecule has 0 spiro atoms. The van der Waals surface area contributed by atoms with Crippen LogP contribution in [0.2, 0.25) is 0 Å². The van der Waals surface area contributed by atoms with Crippen LogP contribution in [-0.4, -0.2) is 22.4 Å². The van der Waals surface area contributed by atoms with Gasteiger partial charge in [0.25, 0.3) is 5.91 Å². The number of hydrogen-bond donors (Lipinski definition) is 1. The Kier molecular flexibility index (Phi) is 6.77. The predicted octanol–water partition coefficient (Wildman–Crippen LogP) is 5.13. The number of aryl methyl sites for hydroxylation is 3. The summed E-state index contributed by atoms with van der Waals surface area (Å²) >= 11 is 5.12. The number of fused-ring (bicyclic) bond motifs is 1. The first kappa shape index (κ1) is 19.6. The molecule has 0 fully saturated rings. The van der Waals surface area contributed by atoms with E-state index < -0.39 is 0 Å². The van der Waals surface area contributed by atoms with Crippen LogP contribution in [0.1, 0.15) is 50.9 Å². The highest BCUT2D eigenvalue weighted by atomic mass is 32.2. The molecule has 0 atom stereocenters. The number of nitrogens with one attached hydrogen (secondary N) is 1. The van der Waals surface area contributed by atoms with E-state index in [1.54, 1.807) is 23.1 Å². The molecule has 3 aromatic rings. The number of amides is 1. The van der Waals surface area contributed by atoms with E-state index in [1.807, 2.05) is 46.5 Å². The van der Waals surface area contributed by atoms with Gasteiger partial charge in [-0.05, 0) is 44.2 Å². The second-order valence-electron chi connectivity index (χ2n) is 6.81. The van der Waals surface area contributed by atoms with Crippen molar-refractivity contribution in [3.05, 3.63) is 62.0 Å². The van der Waals surface area contributed by atoms with Crippen LogP contribution < -0.4 is 5.32 Å². The third-order valence-electron chi connectivity index (χ3n) is 4.73. The molecule has 0 unspecified atom stereocenters. The second-order valence-corrected chi connectivity index (χ2v) is 9.71. The second kappa shape index (κ2) is 9.67. The minimum Gasteiger partial charge on any atom is -0.352 e. The summed E-state index contributed by atoms with van der Waals surface area (Å²) < 4.78 is 0. The third-order valence-corrected chi connectivity index (χ3v) is 7.69. The summed E-state index contributed by atoms with van der Waals surface area (Å²) in [6.07, 6.45) is 6.76. The topological polar surface area (TPSA) is 54.9 Å². The predicted molar refractivity (Wildman–Crippen MR) is 118 cm³/mol. The Labute approximate surface area is 177 Å². The van der Waals surface area contributed by atoms with Crippen molar-refractivity contribution in [1.29, 1.82) is 0 Å². The molecule has 0 saturated carbocycles. The minimum atomic E-state index is -0.000175. The van der Waals surface area contributed by atoms with E-state index in [-0.39, 0.29) is 5.91 Å². The fourth-order valence-corrected chi connectivity index (χ4v) is 6.10. The highest BCUT2D eigenvalue weighted by Gasteiger charge is 2.15. The number of aromatic nitrogens is 2. The van der Waals surface area contributed by atoms with Crippen LogP contribution in [0.4, 0.5) is 0 Å². The maximum Gasteiger partial charge on any atom is 0.252 e. The molecule has 4 rings (SSSR count). The van der Waals surface area contributed by atoms with Crippen molar-refractivity contribution in [2.24, 2.45) is 0 Å². The number of benzene rings is 1. The van der Waals surface area contributed by atoms with Crippen molar-refractivity contribution < 1.29 is 4.79 Å². The van der Waals surface area contributed by atoms with Crippen LogP contribution in [0.25, 0.3) is 0 Å². The molecule has 4 nitrogen and oxygen atoms in total. The Bertz CT molecular complexity index is 897. The lowest BCUT2D eigenvalue weighted by Gasteiger charge is -2.09. The summed E-state index contributed by atoms with van der Waals surface area (Å²) in [6, 6.07) is 7.80. The summed E-state index contributed by atoms with van der Waals surface area (Å²) in [7, 11) is 0. The summed E-state index contributed by atoms with van der Waals surface area (Å²) in [5, 5.41) is 6.35. The largest absolute Gasteiger partial charge is 0.352 e. The average Bonchev–Trinajstić information content (AvgIpc) is 3.39. The van der Waals surface area contributed by atoms with Gasteiger partial charge in [0.15, 0.2) is 0 Å². The molecule has 0 saturated heterocycles. The van der Waals surface area contributed by atoms with Crippen molar-refractivity contribution in [2.45, 2.75) is 49.2 Å². The number of nitrogens with zero attached hydrogens (tertiary/aromatic N) is 2. The van der Waals surface area contributed by atoms with E-state index in [4.69, 9.17) is 4.98 Å². The molecule has 1 aliphatic rings. The zero-order valence-corrected chi connectivity index (χ0v) is 18.1. The number of carbonyl (C=O) groups is 1. The van der Waals surface area contributed by atoms with E-state index >= 15 is 0 Å². The summed E-state index contributed by atoms with van der Waals surface area (Å²) in [6.45, 7) is 0.675. The highest BCUT2D eigenvalue weighted by Crippen LogP contribution is 2.28. The molecule has 28 heavy (non-hydrogen) atoms. The fraction of sp³-hybridized carbons (Fsp3) is 0.381. The van der Waals surface area contributed by atoms with Crippen LogP contribution in [0.3, 0.4) is 0 Å². The van der Waals surface area contributed by atoms with Gasteiger partial charge in [-0.2, -0.15) is 0 Å². The third kappa shape index (κ3) is 5.01. The van der Waals surface area contributed by atoms with Gasteiger partial charge in [0, 0.05) is 33.9 Å². The summed E-state index contributed by atoms with van der Waals surface area (Å²) in [5.41, 5.74) is 4.96. The molecule has 2 aromatic heterocycles. The molecular weight excluding hydrogens is 406 g/mol. The molecule has 1 amide bonds. The lowest BCUT2D eigenvalue weighted by molar-refractivity contribution is 0.0950. The van der Waals surface area contributed by atoms with Gasteiger partial charge in [-0.1, -0.05) is 12.1 Å². The highest BCUT2D eigenvalue weighted by molar-refractivity contribution is 7.98. The van der Waals surface area contributed by atoms with Crippen LogP contribution in [-0.2, 0) is 25.0 Å². The van der Waals surface area contributed by atoms with Crippen LogP contribution in [0.15, 0.2) is 40.1 Å². The van der Waals surface area contributed by atoms with Crippen molar-refractivity contribution in [2.75, 3.05) is 6.54 Å². The number of thiazole rings is 2. The Morgan fingerprint density at radius 1 is 1.21 bits per heavy atom. The van der Waals surface area contributed by atoms with E-state index in [1.165, 1.54) is 34.8 Å². The Morgan fingerprint density at radius 2 is 2.11 bits per heavy atom. The zero-order chi connectivity index (χ0) is 19.2. The smallest absolute Gasteiger partial charge is 0.252 e. The van der Waals surface area contributed by atoms with Crippen LogP contribution in [0.5, 0.6) is 0 Å². The van der Waals surface area contributed by atoms with E-state index in [2.05, 4.69) is 10.3 Å². The maximum atomic E-state index is 12.6. The molecule has 1 N–H and O–H groups in total. The number of thioether (sulfide) groups is 1. The first-order chi connectivity index (χ1) is 13.8. The van der Waals surface area contributed by atoms with Crippen molar-refractivity contribution in [3.8, 4) is 0 Å².